The molecule has 0 atom stereocenters. The smallest absolute Gasteiger partial charge is 0.00966 e. The summed E-state index contributed by atoms with van der Waals surface area (Å²) in [6, 6.07) is 0. The van der Waals surface area contributed by atoms with Gasteiger partial charge in [-0.1, -0.05) is 219 Å². The largest absolute Gasteiger partial charge is 0.0654 e. The summed E-state index contributed by atoms with van der Waals surface area (Å²) in [6.45, 7) is 9.34. The number of allylic oxidation sites excluding steroid dienone is 4. The highest BCUT2D eigenvalue weighted by molar-refractivity contribution is 5.47. The number of hydrogen-bond donors (Lipinski definition) is 0. The zero-order chi connectivity index (χ0) is 32.5. The Morgan fingerprint density at radius 2 is 0.444 bits per heavy atom. The van der Waals surface area contributed by atoms with Crippen molar-refractivity contribution in [2.24, 2.45) is 0 Å². The first-order valence-corrected chi connectivity index (χ1v) is 21.7. The second-order valence-electron chi connectivity index (χ2n) is 15.2. The predicted molar refractivity (Wildman–Crippen MR) is 208 cm³/mol. The molecule has 0 fully saturated rings. The van der Waals surface area contributed by atoms with Gasteiger partial charge in [0.05, 0.1) is 0 Å². The van der Waals surface area contributed by atoms with Crippen molar-refractivity contribution in [3.8, 4) is 0 Å². The third-order valence-corrected chi connectivity index (χ3v) is 10.9. The third kappa shape index (κ3) is 24.3. The van der Waals surface area contributed by atoms with E-state index in [0.717, 1.165) is 0 Å². The van der Waals surface area contributed by atoms with Crippen molar-refractivity contribution >= 4 is 0 Å². The van der Waals surface area contributed by atoms with Crippen molar-refractivity contribution in [2.75, 3.05) is 0 Å². The molecule has 0 heterocycles. The average Bonchev–Trinajstić information content (AvgIpc) is 3.37. The first kappa shape index (κ1) is 42.5. The Morgan fingerprint density at radius 3 is 0.689 bits per heavy atom. The van der Waals surface area contributed by atoms with E-state index in [-0.39, 0.29) is 0 Å². The van der Waals surface area contributed by atoms with Gasteiger partial charge in [-0.05, 0) is 68.9 Å². The van der Waals surface area contributed by atoms with Gasteiger partial charge in [-0.25, -0.2) is 0 Å². The molecule has 1 rings (SSSR count). The number of rotatable bonds is 36. The van der Waals surface area contributed by atoms with Gasteiger partial charge in [-0.15, -0.1) is 0 Å². The molecule has 266 valence electrons. The van der Waals surface area contributed by atoms with Gasteiger partial charge in [0.2, 0.25) is 0 Å². The Morgan fingerprint density at radius 1 is 0.244 bits per heavy atom. The lowest BCUT2D eigenvalue weighted by atomic mass is 9.91. The van der Waals surface area contributed by atoms with Gasteiger partial charge < -0.3 is 0 Å². The highest BCUT2D eigenvalue weighted by atomic mass is 14.3. The van der Waals surface area contributed by atoms with E-state index in [1.165, 1.54) is 238 Å². The summed E-state index contributed by atoms with van der Waals surface area (Å²) < 4.78 is 0. The zero-order valence-corrected chi connectivity index (χ0v) is 32.2. The summed E-state index contributed by atoms with van der Waals surface area (Å²) in [5.74, 6) is 0. The van der Waals surface area contributed by atoms with Gasteiger partial charge in [-0.2, -0.15) is 0 Å². The SMILES string of the molecule is CCCCCCCCCCCC1=C(CCCCCCCCCC)C(CCCCCCCCCC)=C(CCCCCCCCC)C1. The molecule has 0 aromatic heterocycles. The van der Waals surface area contributed by atoms with Gasteiger partial charge >= 0.3 is 0 Å². The van der Waals surface area contributed by atoms with E-state index in [9.17, 15) is 0 Å². The third-order valence-electron chi connectivity index (χ3n) is 10.9. The minimum absolute atomic E-state index is 1.37. The second kappa shape index (κ2) is 33.4. The Balaban J connectivity index is 2.73. The molecule has 1 aliphatic rings. The van der Waals surface area contributed by atoms with Crippen molar-refractivity contribution in [3.63, 3.8) is 0 Å². The van der Waals surface area contributed by atoms with Crippen LogP contribution in [0.15, 0.2) is 22.3 Å². The number of hydrogen-bond acceptors (Lipinski definition) is 0. The summed E-state index contributed by atoms with van der Waals surface area (Å²) in [5, 5.41) is 0. The molecule has 0 N–H and O–H groups in total. The van der Waals surface area contributed by atoms with Gasteiger partial charge in [-0.3, -0.25) is 0 Å². The monoisotopic (exact) mass is 627 g/mol. The maximum Gasteiger partial charge on any atom is -0.00966 e. The Hall–Kier alpha value is -0.520. The van der Waals surface area contributed by atoms with Crippen LogP contribution in [-0.2, 0) is 0 Å². The topological polar surface area (TPSA) is 0 Å². The highest BCUT2D eigenvalue weighted by Crippen LogP contribution is 2.42. The quantitative estimate of drug-likeness (QED) is 0.0607. The van der Waals surface area contributed by atoms with E-state index in [1.807, 2.05) is 22.3 Å². The normalized spacial score (nSPS) is 13.6. The Kier molecular flexibility index (Phi) is 31.5. The highest BCUT2D eigenvalue weighted by Gasteiger charge is 2.23. The lowest BCUT2D eigenvalue weighted by molar-refractivity contribution is 0.561. The molecule has 0 saturated carbocycles. The second-order valence-corrected chi connectivity index (χ2v) is 15.2. The summed E-state index contributed by atoms with van der Waals surface area (Å²) in [7, 11) is 0. The van der Waals surface area contributed by atoms with Gasteiger partial charge in [0, 0.05) is 0 Å². The maximum atomic E-state index is 2.34. The summed E-state index contributed by atoms with van der Waals surface area (Å²) in [6.07, 6.45) is 53.2. The van der Waals surface area contributed by atoms with Crippen LogP contribution in [0, 0.1) is 0 Å². The average molecular weight is 627 g/mol. The fraction of sp³-hybridized carbons (Fsp3) is 0.911. The van der Waals surface area contributed by atoms with Crippen LogP contribution >= 0.6 is 0 Å². The van der Waals surface area contributed by atoms with E-state index in [0.29, 0.717) is 0 Å². The van der Waals surface area contributed by atoms with Crippen LogP contribution in [0.5, 0.6) is 0 Å². The zero-order valence-electron chi connectivity index (χ0n) is 32.2. The van der Waals surface area contributed by atoms with Crippen LogP contribution in [0.2, 0.25) is 0 Å². The Bertz CT molecular complexity index is 678. The minimum Gasteiger partial charge on any atom is -0.0654 e. The van der Waals surface area contributed by atoms with Crippen molar-refractivity contribution in [2.45, 2.75) is 265 Å². The van der Waals surface area contributed by atoms with Crippen molar-refractivity contribution < 1.29 is 0 Å². The Labute approximate surface area is 286 Å². The first-order chi connectivity index (χ1) is 22.3. The van der Waals surface area contributed by atoms with Gasteiger partial charge in [0.25, 0.3) is 0 Å². The molecule has 0 heteroatoms. The van der Waals surface area contributed by atoms with E-state index in [2.05, 4.69) is 27.7 Å². The molecule has 0 unspecified atom stereocenters. The number of unbranched alkanes of at least 4 members (excludes halogenated alkanes) is 28. The summed E-state index contributed by atoms with van der Waals surface area (Å²) >= 11 is 0. The molecule has 1 aliphatic carbocycles. The fourth-order valence-corrected chi connectivity index (χ4v) is 7.85. The lowest BCUT2D eigenvalue weighted by Crippen LogP contribution is -1.95. The van der Waals surface area contributed by atoms with Gasteiger partial charge in [0.15, 0.2) is 0 Å². The van der Waals surface area contributed by atoms with Crippen LogP contribution in [-0.4, -0.2) is 0 Å². The molecule has 0 spiro atoms. The van der Waals surface area contributed by atoms with Crippen molar-refractivity contribution in [1.29, 1.82) is 0 Å². The molecule has 0 aromatic rings. The summed E-state index contributed by atoms with van der Waals surface area (Å²) in [4.78, 5) is 0. The molecule has 0 saturated heterocycles. The van der Waals surface area contributed by atoms with Crippen LogP contribution in [0.4, 0.5) is 0 Å². The molecule has 0 aliphatic heterocycles. The first-order valence-electron chi connectivity index (χ1n) is 21.7. The molecule has 0 radical (unpaired) electrons. The molecular weight excluding hydrogens is 540 g/mol. The molecule has 0 amide bonds. The van der Waals surface area contributed by atoms with E-state index in [1.54, 1.807) is 0 Å². The van der Waals surface area contributed by atoms with E-state index < -0.39 is 0 Å². The molecule has 0 aromatic carbocycles. The van der Waals surface area contributed by atoms with Gasteiger partial charge in [0.1, 0.15) is 0 Å². The fourth-order valence-electron chi connectivity index (χ4n) is 7.85. The van der Waals surface area contributed by atoms with Crippen molar-refractivity contribution in [3.05, 3.63) is 22.3 Å². The van der Waals surface area contributed by atoms with Crippen LogP contribution < -0.4 is 0 Å². The molecule has 0 nitrogen and oxygen atoms in total. The molecule has 45 heavy (non-hydrogen) atoms. The lowest BCUT2D eigenvalue weighted by Gasteiger charge is -2.14. The molecule has 0 bridgehead atoms. The van der Waals surface area contributed by atoms with E-state index in [4.69, 9.17) is 0 Å². The minimum atomic E-state index is 1.37. The van der Waals surface area contributed by atoms with Crippen LogP contribution in [0.25, 0.3) is 0 Å². The standard InChI is InChI=1S/C45H86/c1-5-9-13-17-21-24-26-30-34-38-43-41-42(37-33-29-25-20-16-12-8-4)44(39-35-31-27-22-18-14-10-6-2)45(43)40-36-32-28-23-19-15-11-7-3/h5-41H2,1-4H3. The predicted octanol–water partition coefficient (Wildman–Crippen LogP) is 17.1. The van der Waals surface area contributed by atoms with Crippen LogP contribution in [0.3, 0.4) is 0 Å². The summed E-state index contributed by atoms with van der Waals surface area (Å²) in [5.41, 5.74) is 7.63. The van der Waals surface area contributed by atoms with E-state index >= 15 is 0 Å². The van der Waals surface area contributed by atoms with Crippen LogP contribution in [0.1, 0.15) is 265 Å². The van der Waals surface area contributed by atoms with Crippen molar-refractivity contribution in [1.82, 2.24) is 0 Å². The molecular formula is C45H86. The maximum absolute atomic E-state index is 2.34.